The van der Waals surface area contributed by atoms with Crippen LogP contribution in [0.4, 0.5) is 15.9 Å². The predicted octanol–water partition coefficient (Wildman–Crippen LogP) is 4.48. The molecule has 2 saturated heterocycles. The van der Waals surface area contributed by atoms with Crippen LogP contribution in [0.15, 0.2) is 49.2 Å². The van der Waals surface area contributed by atoms with Crippen molar-refractivity contribution in [2.75, 3.05) is 29.9 Å². The molecule has 222 valence electrons. The normalized spacial score (nSPS) is 18.0. The van der Waals surface area contributed by atoms with E-state index in [2.05, 4.69) is 35.7 Å². The summed E-state index contributed by atoms with van der Waals surface area (Å²) in [5, 5.41) is 13.9. The molecule has 1 aliphatic carbocycles. The molecule has 2 amide bonds. The molecule has 3 fully saturated rings. The van der Waals surface area contributed by atoms with Crippen LogP contribution >= 0.6 is 0 Å². The van der Waals surface area contributed by atoms with E-state index < -0.39 is 11.7 Å². The second-order valence-electron chi connectivity index (χ2n) is 12.1. The minimum Gasteiger partial charge on any atom is -0.370 e. The van der Waals surface area contributed by atoms with E-state index in [0.29, 0.717) is 61.3 Å². The summed E-state index contributed by atoms with van der Waals surface area (Å²) in [6, 6.07) is 8.36. The van der Waals surface area contributed by atoms with Crippen LogP contribution in [0.3, 0.4) is 0 Å². The molecule has 0 unspecified atom stereocenters. The van der Waals surface area contributed by atoms with E-state index in [4.69, 9.17) is 0 Å². The first-order valence-corrected chi connectivity index (χ1v) is 14.9. The van der Waals surface area contributed by atoms with E-state index in [1.807, 2.05) is 29.2 Å². The summed E-state index contributed by atoms with van der Waals surface area (Å²) in [7, 11) is 0. The summed E-state index contributed by atoms with van der Waals surface area (Å²) in [5.41, 5.74) is 2.45. The summed E-state index contributed by atoms with van der Waals surface area (Å²) in [4.78, 5) is 37.3. The number of halogens is 1. The number of nitrogens with zero attached hydrogens (tertiary/aromatic N) is 7. The maximum atomic E-state index is 15.8. The zero-order valence-corrected chi connectivity index (χ0v) is 24.3. The van der Waals surface area contributed by atoms with Crippen molar-refractivity contribution in [2.24, 2.45) is 5.41 Å². The topological polar surface area (TPSA) is 123 Å². The van der Waals surface area contributed by atoms with Gasteiger partial charge in [-0.2, -0.15) is 0 Å². The highest BCUT2D eigenvalue weighted by atomic mass is 19.1. The molecule has 5 heterocycles. The fourth-order valence-electron chi connectivity index (χ4n) is 6.23. The van der Waals surface area contributed by atoms with Gasteiger partial charge in [0.2, 0.25) is 5.91 Å². The molecular weight excluding hydrogens is 549 g/mol. The predicted molar refractivity (Wildman–Crippen MR) is 159 cm³/mol. The van der Waals surface area contributed by atoms with E-state index in [9.17, 15) is 9.59 Å². The summed E-state index contributed by atoms with van der Waals surface area (Å²) >= 11 is 0. The second kappa shape index (κ2) is 10.6. The van der Waals surface area contributed by atoms with E-state index in [-0.39, 0.29) is 28.7 Å². The molecular formula is C31H34FN9O2. The van der Waals surface area contributed by atoms with Crippen molar-refractivity contribution >= 4 is 23.3 Å². The number of amides is 2. The fraction of sp³-hybridized carbons (Fsp3) is 0.419. The lowest BCUT2D eigenvalue weighted by Gasteiger charge is -2.39. The number of nitrogens with one attached hydrogen (secondary N) is 2. The molecule has 43 heavy (non-hydrogen) atoms. The molecule has 7 rings (SSSR count). The number of imidazole rings is 1. The highest BCUT2D eigenvalue weighted by Crippen LogP contribution is 2.42. The smallest absolute Gasteiger partial charge is 0.259 e. The number of aromatic nitrogens is 6. The minimum absolute atomic E-state index is 0.0957. The Hall–Kier alpha value is -4.61. The molecule has 12 heteroatoms. The maximum absolute atomic E-state index is 15.8. The minimum atomic E-state index is -0.631. The van der Waals surface area contributed by atoms with Gasteiger partial charge in [-0.3, -0.25) is 9.59 Å². The van der Waals surface area contributed by atoms with Crippen molar-refractivity contribution in [3.8, 4) is 17.2 Å². The second-order valence-corrected chi connectivity index (χ2v) is 12.1. The maximum Gasteiger partial charge on any atom is 0.259 e. The van der Waals surface area contributed by atoms with E-state index in [0.717, 1.165) is 25.0 Å². The van der Waals surface area contributed by atoms with Crippen molar-refractivity contribution in [1.29, 1.82) is 0 Å². The van der Waals surface area contributed by atoms with Crippen LogP contribution in [0.1, 0.15) is 74.0 Å². The van der Waals surface area contributed by atoms with Crippen LogP contribution in [-0.4, -0.2) is 60.7 Å². The number of hydrogen-bond donors (Lipinski definition) is 2. The average Bonchev–Trinajstić information content (AvgIpc) is 3.37. The highest BCUT2D eigenvalue weighted by Gasteiger charge is 2.44. The Morgan fingerprint density at radius 2 is 1.93 bits per heavy atom. The molecule has 1 saturated carbocycles. The first-order valence-electron chi connectivity index (χ1n) is 14.9. The number of carbonyl (C=O) groups is 2. The van der Waals surface area contributed by atoms with Crippen molar-refractivity contribution in [3.05, 3.63) is 66.3 Å². The third-order valence-electron chi connectivity index (χ3n) is 8.97. The molecule has 2 N–H and O–H groups in total. The SMILES string of the molecule is CC(C)n1cnnc1-c1cccc(NC(=O)c2cc(-n3cnc(C4CC4)c3)c(N3CCC4(CCNC4=O)CC3)cc2F)n1. The molecule has 0 atom stereocenters. The van der Waals surface area contributed by atoms with Crippen molar-refractivity contribution in [2.45, 2.75) is 57.9 Å². The van der Waals surface area contributed by atoms with Gasteiger partial charge in [-0.05, 0) is 64.2 Å². The van der Waals surface area contributed by atoms with Crippen LogP contribution < -0.4 is 15.5 Å². The first kappa shape index (κ1) is 27.2. The standard InChI is InChI=1S/C31H34FN9O2/c1-19(2)41-18-35-38-28(41)23-4-3-5-27(36-23)37-29(42)21-14-25(40-16-24(34-17-40)20-6-7-20)26(15-22(21)32)39-12-9-31(10-13-39)8-11-33-30(31)43/h3-5,14-20H,6-13H2,1-2H3,(H,33,43)(H,36,37,42). The molecule has 3 aromatic heterocycles. The molecule has 11 nitrogen and oxygen atoms in total. The van der Waals surface area contributed by atoms with Gasteiger partial charge in [-0.15, -0.1) is 10.2 Å². The van der Waals surface area contributed by atoms with Crippen molar-refractivity contribution < 1.29 is 14.0 Å². The molecule has 0 radical (unpaired) electrons. The van der Waals surface area contributed by atoms with Crippen LogP contribution in [0.25, 0.3) is 17.2 Å². The summed E-state index contributed by atoms with van der Waals surface area (Å²) in [6.45, 7) is 5.98. The molecule has 1 spiro atoms. The fourth-order valence-corrected chi connectivity index (χ4v) is 6.23. The Morgan fingerprint density at radius 1 is 1.12 bits per heavy atom. The Morgan fingerprint density at radius 3 is 2.65 bits per heavy atom. The van der Waals surface area contributed by atoms with E-state index >= 15 is 4.39 Å². The average molecular weight is 584 g/mol. The van der Waals surface area contributed by atoms with Gasteiger partial charge < -0.3 is 24.7 Å². The van der Waals surface area contributed by atoms with Gasteiger partial charge in [0.25, 0.3) is 5.91 Å². The van der Waals surface area contributed by atoms with Crippen LogP contribution in [0.5, 0.6) is 0 Å². The molecule has 0 bridgehead atoms. The monoisotopic (exact) mass is 583 g/mol. The van der Waals surface area contributed by atoms with Crippen LogP contribution in [-0.2, 0) is 4.79 Å². The number of hydrogen-bond acceptors (Lipinski definition) is 7. The van der Waals surface area contributed by atoms with Gasteiger partial charge in [0.15, 0.2) is 5.82 Å². The zero-order chi connectivity index (χ0) is 29.7. The van der Waals surface area contributed by atoms with Gasteiger partial charge in [0.1, 0.15) is 23.7 Å². The van der Waals surface area contributed by atoms with Gasteiger partial charge in [-0.25, -0.2) is 14.4 Å². The van der Waals surface area contributed by atoms with Crippen LogP contribution in [0.2, 0.25) is 0 Å². The Bertz CT molecular complexity index is 1700. The van der Waals surface area contributed by atoms with Crippen LogP contribution in [0, 0.1) is 11.2 Å². The largest absolute Gasteiger partial charge is 0.370 e. The lowest BCUT2D eigenvalue weighted by Crippen LogP contribution is -2.44. The summed E-state index contributed by atoms with van der Waals surface area (Å²) in [6.07, 6.45) is 9.79. The lowest BCUT2D eigenvalue weighted by atomic mass is 9.77. The third kappa shape index (κ3) is 5.04. The van der Waals surface area contributed by atoms with Crippen molar-refractivity contribution in [1.82, 2.24) is 34.6 Å². The number of carbonyl (C=O) groups excluding carboxylic acids is 2. The van der Waals surface area contributed by atoms with E-state index in [1.54, 1.807) is 36.9 Å². The molecule has 1 aromatic carbocycles. The Labute approximate surface area is 248 Å². The van der Waals surface area contributed by atoms with Gasteiger partial charge in [0.05, 0.1) is 34.4 Å². The molecule has 3 aliphatic rings. The summed E-state index contributed by atoms with van der Waals surface area (Å²) in [5.74, 6) is 0.186. The number of pyridine rings is 1. The third-order valence-corrected chi connectivity index (χ3v) is 8.97. The number of piperidine rings is 1. The lowest BCUT2D eigenvalue weighted by molar-refractivity contribution is -0.128. The molecule has 2 aliphatic heterocycles. The van der Waals surface area contributed by atoms with Gasteiger partial charge in [0, 0.05) is 43.9 Å². The van der Waals surface area contributed by atoms with Crippen molar-refractivity contribution in [3.63, 3.8) is 0 Å². The van der Waals surface area contributed by atoms with Gasteiger partial charge in [-0.1, -0.05) is 6.07 Å². The highest BCUT2D eigenvalue weighted by molar-refractivity contribution is 6.05. The Kier molecular flexibility index (Phi) is 6.71. The van der Waals surface area contributed by atoms with E-state index in [1.165, 1.54) is 6.07 Å². The number of benzene rings is 1. The zero-order valence-electron chi connectivity index (χ0n) is 24.3. The quantitative estimate of drug-likeness (QED) is 0.329. The number of anilines is 2. The molecule has 4 aromatic rings. The van der Waals surface area contributed by atoms with Gasteiger partial charge >= 0.3 is 0 Å². The number of rotatable bonds is 7. The Balaban J connectivity index is 1.19. The first-order chi connectivity index (χ1) is 20.8. The summed E-state index contributed by atoms with van der Waals surface area (Å²) < 4.78 is 19.5.